The first-order chi connectivity index (χ1) is 11.2. The van der Waals surface area contributed by atoms with E-state index in [9.17, 15) is 23.3 Å². The molecule has 1 fully saturated rings. The number of carbonyl (C=O) groups is 1. The number of nitro groups is 1. The molecule has 1 aromatic rings. The Bertz CT molecular complexity index is 762. The fourth-order valence-electron chi connectivity index (χ4n) is 2.74. The average molecular weight is 357 g/mol. The molecule has 0 aromatic heterocycles. The quantitative estimate of drug-likeness (QED) is 0.564. The van der Waals surface area contributed by atoms with Gasteiger partial charge in [-0.25, -0.2) is 13.4 Å². The molecule has 24 heavy (non-hydrogen) atoms. The van der Waals surface area contributed by atoms with E-state index in [0.717, 1.165) is 6.07 Å². The summed E-state index contributed by atoms with van der Waals surface area (Å²) in [5.74, 6) is -0.531. The van der Waals surface area contributed by atoms with Gasteiger partial charge in [0.2, 0.25) is 0 Å². The lowest BCUT2D eigenvalue weighted by atomic mass is 10.1. The maximum Gasteiger partial charge on any atom is 0.311 e. The van der Waals surface area contributed by atoms with Crippen LogP contribution in [0.3, 0.4) is 0 Å². The Hall–Kier alpha value is -2.20. The van der Waals surface area contributed by atoms with Crippen LogP contribution in [0.15, 0.2) is 18.2 Å². The maximum atomic E-state index is 12.8. The lowest BCUT2D eigenvalue weighted by Crippen LogP contribution is -2.49. The Kier molecular flexibility index (Phi) is 5.09. The molecule has 132 valence electrons. The molecule has 1 aliphatic heterocycles. The number of ether oxygens (including phenoxy) is 1. The summed E-state index contributed by atoms with van der Waals surface area (Å²) in [4.78, 5) is 23.3. The van der Waals surface area contributed by atoms with Crippen molar-refractivity contribution in [2.45, 2.75) is 12.5 Å². The Labute approximate surface area is 139 Å². The first kappa shape index (κ1) is 18.1. The first-order valence-corrected chi connectivity index (χ1v) is 9.02. The van der Waals surface area contributed by atoms with E-state index in [1.165, 1.54) is 29.3 Å². The second kappa shape index (κ2) is 6.73. The van der Waals surface area contributed by atoms with Crippen LogP contribution >= 0.6 is 0 Å². The number of carbonyl (C=O) groups excluding carboxylic acids is 1. The first-order valence-electron chi connectivity index (χ1n) is 7.20. The van der Waals surface area contributed by atoms with Gasteiger partial charge in [0, 0.05) is 25.7 Å². The van der Waals surface area contributed by atoms with Crippen LogP contribution in [0.2, 0.25) is 0 Å². The van der Waals surface area contributed by atoms with E-state index in [1.807, 2.05) is 0 Å². The monoisotopic (exact) mass is 357 g/mol. The second-order valence-corrected chi connectivity index (χ2v) is 7.93. The minimum atomic E-state index is -3.17. The molecule has 0 bridgehead atoms. The lowest BCUT2D eigenvalue weighted by Gasteiger charge is -2.33. The molecular formula is C14H19N3O6S. The third kappa shape index (κ3) is 3.65. The van der Waals surface area contributed by atoms with Crippen molar-refractivity contribution in [3.05, 3.63) is 33.9 Å². The van der Waals surface area contributed by atoms with Crippen molar-refractivity contribution in [1.82, 2.24) is 10.0 Å². The molecule has 1 heterocycles. The Balaban J connectivity index is 2.37. The number of methoxy groups -OCH3 is 1. The minimum absolute atomic E-state index is 0.0258. The number of amides is 1. The Morgan fingerprint density at radius 2 is 2.04 bits per heavy atom. The summed E-state index contributed by atoms with van der Waals surface area (Å²) in [6.45, 7) is 0. The van der Waals surface area contributed by atoms with E-state index in [1.54, 1.807) is 14.1 Å². The van der Waals surface area contributed by atoms with Crippen molar-refractivity contribution in [3.63, 3.8) is 0 Å². The van der Waals surface area contributed by atoms with Gasteiger partial charge in [-0.3, -0.25) is 19.9 Å². The molecule has 10 heteroatoms. The number of hydrazine groups is 1. The predicted octanol–water partition coefficient (Wildman–Crippen LogP) is 0.709. The molecule has 0 unspecified atom stereocenters. The largest absolute Gasteiger partial charge is 0.490 e. The van der Waals surface area contributed by atoms with E-state index in [2.05, 4.69) is 0 Å². The highest BCUT2D eigenvalue weighted by Gasteiger charge is 2.36. The molecule has 9 nitrogen and oxygen atoms in total. The molecule has 0 aliphatic carbocycles. The van der Waals surface area contributed by atoms with Crippen LogP contribution < -0.4 is 4.74 Å². The van der Waals surface area contributed by atoms with Gasteiger partial charge in [-0.2, -0.15) is 0 Å². The van der Waals surface area contributed by atoms with Crippen molar-refractivity contribution >= 4 is 21.4 Å². The van der Waals surface area contributed by atoms with Gasteiger partial charge in [0.25, 0.3) is 5.91 Å². The SMILES string of the molecule is COc1ccc(C(=O)N([C@H]2CCS(=O)(=O)C2)N(C)C)cc1[N+](=O)[O-]. The van der Waals surface area contributed by atoms with Gasteiger partial charge < -0.3 is 4.74 Å². The molecule has 2 rings (SSSR count). The Morgan fingerprint density at radius 1 is 1.38 bits per heavy atom. The van der Waals surface area contributed by atoms with Crippen molar-refractivity contribution in [2.24, 2.45) is 0 Å². The topological polar surface area (TPSA) is 110 Å². The van der Waals surface area contributed by atoms with Gasteiger partial charge in [0.05, 0.1) is 29.6 Å². The summed E-state index contributed by atoms with van der Waals surface area (Å²) in [6.07, 6.45) is 0.338. The van der Waals surface area contributed by atoms with Crippen LogP contribution in [0.1, 0.15) is 16.8 Å². The standard InChI is InChI=1S/C14H19N3O6S/c1-15(2)16(11-6-7-24(21,22)9-11)14(18)10-4-5-13(23-3)12(8-10)17(19)20/h4-5,8,11H,6-7,9H2,1-3H3/t11-/m0/s1. The van der Waals surface area contributed by atoms with Gasteiger partial charge in [-0.05, 0) is 18.6 Å². The summed E-state index contributed by atoms with van der Waals surface area (Å²) >= 11 is 0. The van der Waals surface area contributed by atoms with Crippen molar-refractivity contribution in [3.8, 4) is 5.75 Å². The second-order valence-electron chi connectivity index (χ2n) is 5.70. The van der Waals surface area contributed by atoms with Crippen LogP contribution in [-0.2, 0) is 9.84 Å². The fraction of sp³-hybridized carbons (Fsp3) is 0.500. The van der Waals surface area contributed by atoms with Gasteiger partial charge in [0.1, 0.15) is 0 Å². The molecule has 0 N–H and O–H groups in total. The van der Waals surface area contributed by atoms with E-state index in [4.69, 9.17) is 4.74 Å². The van der Waals surface area contributed by atoms with E-state index >= 15 is 0 Å². The highest BCUT2D eigenvalue weighted by atomic mass is 32.2. The molecule has 0 saturated carbocycles. The van der Waals surface area contributed by atoms with Gasteiger partial charge in [-0.15, -0.1) is 0 Å². The summed E-state index contributed by atoms with van der Waals surface area (Å²) in [5, 5.41) is 13.9. The molecular weight excluding hydrogens is 338 g/mol. The minimum Gasteiger partial charge on any atom is -0.490 e. The smallest absolute Gasteiger partial charge is 0.311 e. The molecule has 0 radical (unpaired) electrons. The summed E-state index contributed by atoms with van der Waals surface area (Å²) in [6, 6.07) is 3.43. The predicted molar refractivity (Wildman–Crippen MR) is 86.6 cm³/mol. The Morgan fingerprint density at radius 3 is 2.50 bits per heavy atom. The van der Waals surface area contributed by atoms with Crippen molar-refractivity contribution < 1.29 is 22.9 Å². The van der Waals surface area contributed by atoms with E-state index in [0.29, 0.717) is 6.42 Å². The van der Waals surface area contributed by atoms with Gasteiger partial charge in [0.15, 0.2) is 15.6 Å². The zero-order valence-electron chi connectivity index (χ0n) is 13.6. The molecule has 1 saturated heterocycles. The summed E-state index contributed by atoms with van der Waals surface area (Å²) in [7, 11) is 1.39. The van der Waals surface area contributed by atoms with Crippen molar-refractivity contribution in [2.75, 3.05) is 32.7 Å². The normalized spacial score (nSPS) is 19.2. The number of nitrogens with zero attached hydrogens (tertiary/aromatic N) is 3. The zero-order chi connectivity index (χ0) is 18.1. The lowest BCUT2D eigenvalue weighted by molar-refractivity contribution is -0.385. The third-order valence-corrected chi connectivity index (χ3v) is 5.57. The van der Waals surface area contributed by atoms with Crippen LogP contribution in [0.4, 0.5) is 5.69 Å². The number of nitro benzene ring substituents is 1. The third-order valence-electron chi connectivity index (χ3n) is 3.82. The average Bonchev–Trinajstić information content (AvgIpc) is 2.85. The number of hydrogen-bond donors (Lipinski definition) is 0. The number of sulfone groups is 1. The summed E-state index contributed by atoms with van der Waals surface area (Å²) in [5.41, 5.74) is -0.221. The number of rotatable bonds is 5. The molecule has 1 atom stereocenters. The fourth-order valence-corrected chi connectivity index (χ4v) is 4.43. The zero-order valence-corrected chi connectivity index (χ0v) is 14.4. The van der Waals surface area contributed by atoms with Crippen LogP contribution in [0.25, 0.3) is 0 Å². The number of hydrogen-bond acceptors (Lipinski definition) is 7. The van der Waals surface area contributed by atoms with Crippen LogP contribution in [0, 0.1) is 10.1 Å². The molecule has 1 aliphatic rings. The van der Waals surface area contributed by atoms with E-state index < -0.39 is 26.7 Å². The van der Waals surface area contributed by atoms with Crippen molar-refractivity contribution in [1.29, 1.82) is 0 Å². The highest BCUT2D eigenvalue weighted by molar-refractivity contribution is 7.91. The maximum absolute atomic E-state index is 12.8. The molecule has 1 aromatic carbocycles. The highest BCUT2D eigenvalue weighted by Crippen LogP contribution is 2.29. The molecule has 0 spiro atoms. The van der Waals surface area contributed by atoms with E-state index in [-0.39, 0.29) is 28.5 Å². The summed E-state index contributed by atoms with van der Waals surface area (Å²) < 4.78 is 28.3. The number of benzene rings is 1. The van der Waals surface area contributed by atoms with Gasteiger partial charge in [-0.1, -0.05) is 0 Å². The van der Waals surface area contributed by atoms with Crippen LogP contribution in [-0.4, -0.2) is 68.0 Å². The molecule has 1 amide bonds. The van der Waals surface area contributed by atoms with Crippen LogP contribution in [0.5, 0.6) is 5.75 Å². The van der Waals surface area contributed by atoms with Gasteiger partial charge >= 0.3 is 5.69 Å².